The quantitative estimate of drug-likeness (QED) is 0.321. The van der Waals surface area contributed by atoms with Crippen molar-refractivity contribution in [3.8, 4) is 5.69 Å². The average molecular weight is 448 g/mol. The lowest BCUT2D eigenvalue weighted by atomic mass is 10.3. The molecule has 30 heavy (non-hydrogen) atoms. The van der Waals surface area contributed by atoms with E-state index in [1.165, 1.54) is 10.8 Å². The van der Waals surface area contributed by atoms with E-state index in [9.17, 15) is 14.4 Å². The maximum atomic E-state index is 13.0. The summed E-state index contributed by atoms with van der Waals surface area (Å²) in [6, 6.07) is 9.97. The second-order valence-corrected chi connectivity index (χ2v) is 7.32. The molecule has 1 amide bonds. The van der Waals surface area contributed by atoms with Gasteiger partial charge in [0.1, 0.15) is 11.3 Å². The normalized spacial score (nSPS) is 10.6. The lowest BCUT2D eigenvalue weighted by Crippen LogP contribution is -2.29. The van der Waals surface area contributed by atoms with E-state index in [2.05, 4.69) is 10.3 Å². The molecular formula is C20H18ClN3O5S. The molecule has 0 fully saturated rings. The Labute approximate surface area is 181 Å². The molecule has 3 rings (SSSR count). The number of amides is 1. The number of carbonyl (C=O) groups is 2. The Morgan fingerprint density at radius 1 is 1.27 bits per heavy atom. The van der Waals surface area contributed by atoms with Gasteiger partial charge in [-0.05, 0) is 43.3 Å². The Hall–Kier alpha value is -3.04. The number of esters is 1. The van der Waals surface area contributed by atoms with Gasteiger partial charge in [0.25, 0.3) is 5.56 Å². The van der Waals surface area contributed by atoms with E-state index in [1.54, 1.807) is 43.3 Å². The predicted octanol–water partition coefficient (Wildman–Crippen LogP) is 3.06. The highest BCUT2D eigenvalue weighted by Crippen LogP contribution is 2.20. The molecule has 156 valence electrons. The smallest absolute Gasteiger partial charge is 0.345 e. The first-order valence-electron chi connectivity index (χ1n) is 8.96. The van der Waals surface area contributed by atoms with Gasteiger partial charge in [0, 0.05) is 5.02 Å². The Morgan fingerprint density at radius 3 is 2.70 bits per heavy atom. The molecule has 2 heterocycles. The van der Waals surface area contributed by atoms with Gasteiger partial charge in [-0.15, -0.1) is 0 Å². The number of halogens is 1. The zero-order valence-corrected chi connectivity index (χ0v) is 17.5. The van der Waals surface area contributed by atoms with Crippen LogP contribution in [0.25, 0.3) is 5.69 Å². The van der Waals surface area contributed by atoms with Gasteiger partial charge in [-0.25, -0.2) is 9.78 Å². The zero-order valence-electron chi connectivity index (χ0n) is 16.0. The number of carbonyl (C=O) groups excluding carboxylic acids is 2. The molecule has 10 heteroatoms. The van der Waals surface area contributed by atoms with Gasteiger partial charge in [-0.2, -0.15) is 0 Å². The summed E-state index contributed by atoms with van der Waals surface area (Å²) in [5, 5.41) is 3.47. The van der Waals surface area contributed by atoms with E-state index in [1.807, 2.05) is 0 Å². The summed E-state index contributed by atoms with van der Waals surface area (Å²) in [6.45, 7) is 2.03. The fourth-order valence-electron chi connectivity index (χ4n) is 2.49. The van der Waals surface area contributed by atoms with Crippen molar-refractivity contribution in [1.29, 1.82) is 0 Å². The Bertz CT molecular complexity index is 1080. The van der Waals surface area contributed by atoms with Gasteiger partial charge in [0.2, 0.25) is 5.91 Å². The van der Waals surface area contributed by atoms with Crippen molar-refractivity contribution in [1.82, 2.24) is 14.9 Å². The highest BCUT2D eigenvalue weighted by Gasteiger charge is 2.19. The fraction of sp³-hybridized carbons (Fsp3) is 0.200. The maximum Gasteiger partial charge on any atom is 0.345 e. The second-order valence-electron chi connectivity index (χ2n) is 5.94. The van der Waals surface area contributed by atoms with Gasteiger partial charge in [0.05, 0.1) is 37.1 Å². The fourth-order valence-corrected chi connectivity index (χ4v) is 3.42. The van der Waals surface area contributed by atoms with Gasteiger partial charge >= 0.3 is 5.97 Å². The number of rotatable bonds is 8. The minimum atomic E-state index is -0.759. The number of hydrogen-bond acceptors (Lipinski definition) is 7. The van der Waals surface area contributed by atoms with E-state index in [0.717, 1.165) is 18.0 Å². The molecule has 0 bridgehead atoms. The molecule has 1 N–H and O–H groups in total. The van der Waals surface area contributed by atoms with Crippen LogP contribution in [0.5, 0.6) is 0 Å². The van der Waals surface area contributed by atoms with Crippen molar-refractivity contribution in [2.75, 3.05) is 12.4 Å². The molecule has 0 saturated carbocycles. The SMILES string of the molecule is CCOC(=O)c1cnc(SCC(=O)NCc2ccco2)n(-c2ccc(Cl)cc2)c1=O. The number of furan rings is 1. The summed E-state index contributed by atoms with van der Waals surface area (Å²) in [4.78, 5) is 41.5. The van der Waals surface area contributed by atoms with E-state index < -0.39 is 11.5 Å². The molecular weight excluding hydrogens is 430 g/mol. The first-order valence-corrected chi connectivity index (χ1v) is 10.3. The van der Waals surface area contributed by atoms with Crippen LogP contribution in [0.1, 0.15) is 23.0 Å². The van der Waals surface area contributed by atoms with Crippen molar-refractivity contribution in [2.24, 2.45) is 0 Å². The molecule has 0 aliphatic carbocycles. The third-order valence-corrected chi connectivity index (χ3v) is 5.09. The number of benzene rings is 1. The summed E-state index contributed by atoms with van der Waals surface area (Å²) < 4.78 is 11.4. The third-order valence-electron chi connectivity index (χ3n) is 3.88. The molecule has 0 spiro atoms. The number of nitrogens with one attached hydrogen (secondary N) is 1. The number of thioether (sulfide) groups is 1. The number of hydrogen-bond donors (Lipinski definition) is 1. The molecule has 8 nitrogen and oxygen atoms in total. The molecule has 2 aromatic heterocycles. The van der Waals surface area contributed by atoms with Gasteiger partial charge in [0.15, 0.2) is 5.16 Å². The van der Waals surface area contributed by atoms with Gasteiger partial charge in [-0.3, -0.25) is 14.2 Å². The molecule has 0 radical (unpaired) electrons. The molecule has 3 aromatic rings. The highest BCUT2D eigenvalue weighted by molar-refractivity contribution is 7.99. The Balaban J connectivity index is 1.84. The first kappa shape index (κ1) is 21.7. The van der Waals surface area contributed by atoms with E-state index >= 15 is 0 Å². The molecule has 0 unspecified atom stereocenters. The van der Waals surface area contributed by atoms with Gasteiger partial charge in [-0.1, -0.05) is 23.4 Å². The lowest BCUT2D eigenvalue weighted by Gasteiger charge is -2.13. The van der Waals surface area contributed by atoms with Crippen LogP contribution in [0, 0.1) is 0 Å². The highest BCUT2D eigenvalue weighted by atomic mass is 35.5. The average Bonchev–Trinajstić information content (AvgIpc) is 3.25. The number of aromatic nitrogens is 2. The van der Waals surface area contributed by atoms with Crippen LogP contribution in [-0.4, -0.2) is 33.8 Å². The van der Waals surface area contributed by atoms with Gasteiger partial charge < -0.3 is 14.5 Å². The van der Waals surface area contributed by atoms with Crippen LogP contribution in [0.4, 0.5) is 0 Å². The monoisotopic (exact) mass is 447 g/mol. The maximum absolute atomic E-state index is 13.0. The van der Waals surface area contributed by atoms with Crippen LogP contribution in [0.3, 0.4) is 0 Å². The third kappa shape index (κ3) is 5.31. The Morgan fingerprint density at radius 2 is 2.03 bits per heavy atom. The summed E-state index contributed by atoms with van der Waals surface area (Å²) in [6.07, 6.45) is 2.69. The molecule has 0 saturated heterocycles. The summed E-state index contributed by atoms with van der Waals surface area (Å²) in [5.41, 5.74) is -0.329. The van der Waals surface area contributed by atoms with E-state index in [4.69, 9.17) is 20.8 Å². The summed E-state index contributed by atoms with van der Waals surface area (Å²) in [7, 11) is 0. The Kier molecular flexibility index (Phi) is 7.31. The van der Waals surface area contributed by atoms with Crippen LogP contribution >= 0.6 is 23.4 Å². The largest absolute Gasteiger partial charge is 0.467 e. The van der Waals surface area contributed by atoms with E-state index in [-0.39, 0.29) is 35.5 Å². The molecule has 0 aliphatic rings. The predicted molar refractivity (Wildman–Crippen MR) is 112 cm³/mol. The summed E-state index contributed by atoms with van der Waals surface area (Å²) >= 11 is 7.00. The van der Waals surface area contributed by atoms with Crippen molar-refractivity contribution < 1.29 is 18.7 Å². The van der Waals surface area contributed by atoms with Crippen molar-refractivity contribution in [3.63, 3.8) is 0 Å². The van der Waals surface area contributed by atoms with Crippen molar-refractivity contribution in [2.45, 2.75) is 18.6 Å². The van der Waals surface area contributed by atoms with Crippen molar-refractivity contribution >= 4 is 35.2 Å². The zero-order chi connectivity index (χ0) is 21.5. The molecule has 0 aliphatic heterocycles. The minimum Gasteiger partial charge on any atom is -0.467 e. The lowest BCUT2D eigenvalue weighted by molar-refractivity contribution is -0.118. The first-order chi connectivity index (χ1) is 14.5. The van der Waals surface area contributed by atoms with Crippen LogP contribution in [0.2, 0.25) is 5.02 Å². The summed E-state index contributed by atoms with van der Waals surface area (Å²) in [5.74, 6) is -0.379. The standard InChI is InChI=1S/C20H18ClN3O5S/c1-2-28-19(27)16-11-23-20(24(18(16)26)14-7-5-13(21)6-8-14)30-12-17(25)22-10-15-4-3-9-29-15/h3-9,11H,2,10,12H2,1H3,(H,22,25). The molecule has 1 aromatic carbocycles. The van der Waals surface area contributed by atoms with Crippen LogP contribution < -0.4 is 10.9 Å². The van der Waals surface area contributed by atoms with Crippen LogP contribution in [0.15, 0.2) is 63.2 Å². The molecule has 0 atom stereocenters. The topological polar surface area (TPSA) is 103 Å². The number of nitrogens with zero attached hydrogens (tertiary/aromatic N) is 2. The van der Waals surface area contributed by atoms with E-state index in [0.29, 0.717) is 16.5 Å². The number of ether oxygens (including phenoxy) is 1. The second kappa shape index (κ2) is 10.1. The van der Waals surface area contributed by atoms with Crippen molar-refractivity contribution in [3.05, 3.63) is 75.6 Å². The van der Waals surface area contributed by atoms with Crippen LogP contribution in [-0.2, 0) is 16.1 Å². The minimum absolute atomic E-state index is 0.0134.